The Hall–Kier alpha value is -0.980. The first-order valence-electron chi connectivity index (χ1n) is 4.34. The average Bonchev–Trinajstić information content (AvgIpc) is 2.10. The molecule has 0 spiro atoms. The van der Waals surface area contributed by atoms with Crippen molar-refractivity contribution in [1.29, 1.82) is 0 Å². The molecule has 1 nitrogen and oxygen atoms in total. The van der Waals surface area contributed by atoms with Crippen LogP contribution in [-0.4, -0.2) is 7.05 Å². The van der Waals surface area contributed by atoms with Crippen LogP contribution in [0.1, 0.15) is 26.7 Å². The van der Waals surface area contributed by atoms with E-state index in [0.717, 1.165) is 18.5 Å². The lowest BCUT2D eigenvalue weighted by Crippen LogP contribution is -2.03. The highest BCUT2D eigenvalue weighted by atomic mass is 14.8. The highest BCUT2D eigenvalue weighted by Crippen LogP contribution is 2.07. The molecule has 0 amide bonds. The molecular formula is C11H19N. The van der Waals surface area contributed by atoms with E-state index in [9.17, 15) is 0 Å². The van der Waals surface area contributed by atoms with Crippen molar-refractivity contribution >= 4 is 0 Å². The Labute approximate surface area is 75.9 Å². The zero-order chi connectivity index (χ0) is 9.40. The zero-order valence-corrected chi connectivity index (χ0v) is 8.35. The van der Waals surface area contributed by atoms with Crippen LogP contribution < -0.4 is 5.32 Å². The van der Waals surface area contributed by atoms with Gasteiger partial charge in [0.2, 0.25) is 0 Å². The average molecular weight is 165 g/mol. The highest BCUT2D eigenvalue weighted by Gasteiger charge is 1.91. The first-order chi connectivity index (χ1) is 5.70. The molecule has 0 radical (unpaired) electrons. The summed E-state index contributed by atoms with van der Waals surface area (Å²) in [6, 6.07) is 0. The van der Waals surface area contributed by atoms with E-state index in [0.29, 0.717) is 0 Å². The lowest BCUT2D eigenvalue weighted by atomic mass is 10.1. The van der Waals surface area contributed by atoms with E-state index in [2.05, 4.69) is 31.0 Å². The number of hydrogen-bond donors (Lipinski definition) is 1. The van der Waals surface area contributed by atoms with Gasteiger partial charge in [0.05, 0.1) is 0 Å². The van der Waals surface area contributed by atoms with Gasteiger partial charge in [0.25, 0.3) is 0 Å². The summed E-state index contributed by atoms with van der Waals surface area (Å²) >= 11 is 0. The summed E-state index contributed by atoms with van der Waals surface area (Å²) in [5, 5.41) is 3.04. The fourth-order valence-corrected chi connectivity index (χ4v) is 0.817. The van der Waals surface area contributed by atoms with Gasteiger partial charge in [-0.3, -0.25) is 0 Å². The summed E-state index contributed by atoms with van der Waals surface area (Å²) < 4.78 is 0. The minimum atomic E-state index is 1.02. The summed E-state index contributed by atoms with van der Waals surface area (Å²) in [5.41, 5.74) is 2.49. The Morgan fingerprint density at radius 3 is 2.58 bits per heavy atom. The monoisotopic (exact) mass is 165 g/mol. The second-order valence-electron chi connectivity index (χ2n) is 2.89. The Morgan fingerprint density at radius 1 is 1.42 bits per heavy atom. The molecule has 0 aromatic rings. The number of hydrogen-bond acceptors (Lipinski definition) is 1. The van der Waals surface area contributed by atoms with Crippen LogP contribution in [0.15, 0.2) is 36.1 Å². The molecule has 0 atom stereocenters. The molecule has 0 bridgehead atoms. The van der Waals surface area contributed by atoms with Gasteiger partial charge in [0.15, 0.2) is 0 Å². The Kier molecular flexibility index (Phi) is 6.16. The smallest absolute Gasteiger partial charge is 0.00342 e. The first kappa shape index (κ1) is 11.0. The van der Waals surface area contributed by atoms with Crippen LogP contribution in [0.4, 0.5) is 0 Å². The topological polar surface area (TPSA) is 12.0 Å². The first-order valence-corrected chi connectivity index (χ1v) is 4.34. The van der Waals surface area contributed by atoms with Crippen molar-refractivity contribution < 1.29 is 0 Å². The van der Waals surface area contributed by atoms with E-state index < -0.39 is 0 Å². The second kappa shape index (κ2) is 6.71. The standard InChI is InChI=1S/C11H19N/c1-5-6-7-10(2)8-9-11(3)12-4/h5-7,12H,3,8-9H2,1-2,4H3/b6-5-,10-7+. The van der Waals surface area contributed by atoms with E-state index in [-0.39, 0.29) is 0 Å². The Morgan fingerprint density at radius 2 is 2.08 bits per heavy atom. The Balaban J connectivity index is 3.70. The number of rotatable bonds is 5. The summed E-state index contributed by atoms with van der Waals surface area (Å²) in [5.74, 6) is 0. The molecule has 0 heterocycles. The maximum Gasteiger partial charge on any atom is 0.00342 e. The number of allylic oxidation sites excluding steroid dienone is 5. The fraction of sp³-hybridized carbons (Fsp3) is 0.455. The molecule has 0 fully saturated rings. The molecule has 0 aromatic carbocycles. The highest BCUT2D eigenvalue weighted by molar-refractivity contribution is 5.11. The lowest BCUT2D eigenvalue weighted by molar-refractivity contribution is 0.834. The van der Waals surface area contributed by atoms with Crippen molar-refractivity contribution in [2.24, 2.45) is 0 Å². The van der Waals surface area contributed by atoms with Gasteiger partial charge in [-0.15, -0.1) is 0 Å². The van der Waals surface area contributed by atoms with Gasteiger partial charge in [-0.1, -0.05) is 30.4 Å². The SMILES string of the molecule is C=C(CC/C(C)=C/C=C\C)NC. The zero-order valence-electron chi connectivity index (χ0n) is 8.35. The van der Waals surface area contributed by atoms with Gasteiger partial charge >= 0.3 is 0 Å². The third kappa shape index (κ3) is 5.78. The normalized spacial score (nSPS) is 12.1. The predicted octanol–water partition coefficient (Wildman–Crippen LogP) is 3.02. The molecular weight excluding hydrogens is 146 g/mol. The van der Waals surface area contributed by atoms with Crippen molar-refractivity contribution in [3.05, 3.63) is 36.1 Å². The van der Waals surface area contributed by atoms with Crippen LogP contribution >= 0.6 is 0 Å². The number of nitrogens with one attached hydrogen (secondary N) is 1. The molecule has 12 heavy (non-hydrogen) atoms. The van der Waals surface area contributed by atoms with Crippen molar-refractivity contribution in [1.82, 2.24) is 5.32 Å². The molecule has 0 aromatic heterocycles. The van der Waals surface area contributed by atoms with E-state index in [1.54, 1.807) is 0 Å². The third-order valence-corrected chi connectivity index (χ3v) is 1.75. The molecule has 68 valence electrons. The molecule has 0 aliphatic carbocycles. The minimum Gasteiger partial charge on any atom is -0.392 e. The molecule has 1 heteroatoms. The lowest BCUT2D eigenvalue weighted by Gasteiger charge is -2.03. The van der Waals surface area contributed by atoms with Crippen LogP contribution in [0.5, 0.6) is 0 Å². The second-order valence-corrected chi connectivity index (χ2v) is 2.89. The van der Waals surface area contributed by atoms with Crippen molar-refractivity contribution in [2.45, 2.75) is 26.7 Å². The van der Waals surface area contributed by atoms with Gasteiger partial charge in [-0.05, 0) is 26.7 Å². The molecule has 0 saturated heterocycles. The third-order valence-electron chi connectivity index (χ3n) is 1.75. The summed E-state index contributed by atoms with van der Waals surface area (Å²) in [4.78, 5) is 0. The van der Waals surface area contributed by atoms with Gasteiger partial charge in [0.1, 0.15) is 0 Å². The minimum absolute atomic E-state index is 1.02. The molecule has 0 unspecified atom stereocenters. The predicted molar refractivity (Wildman–Crippen MR) is 56.0 cm³/mol. The maximum absolute atomic E-state index is 3.87. The van der Waals surface area contributed by atoms with Gasteiger partial charge in [0, 0.05) is 12.7 Å². The van der Waals surface area contributed by atoms with Crippen molar-refractivity contribution in [2.75, 3.05) is 7.05 Å². The van der Waals surface area contributed by atoms with Crippen molar-refractivity contribution in [3.63, 3.8) is 0 Å². The largest absolute Gasteiger partial charge is 0.392 e. The van der Waals surface area contributed by atoms with Crippen LogP contribution in [0, 0.1) is 0 Å². The van der Waals surface area contributed by atoms with Crippen molar-refractivity contribution in [3.8, 4) is 0 Å². The van der Waals surface area contributed by atoms with Gasteiger partial charge in [-0.2, -0.15) is 0 Å². The van der Waals surface area contributed by atoms with Gasteiger partial charge < -0.3 is 5.32 Å². The quantitative estimate of drug-likeness (QED) is 0.617. The Bertz CT molecular complexity index is 187. The molecule has 1 N–H and O–H groups in total. The molecule has 0 aliphatic rings. The van der Waals surface area contributed by atoms with Crippen LogP contribution in [0.2, 0.25) is 0 Å². The van der Waals surface area contributed by atoms with Gasteiger partial charge in [-0.25, -0.2) is 0 Å². The maximum atomic E-state index is 3.87. The summed E-state index contributed by atoms with van der Waals surface area (Å²) in [6.45, 7) is 8.03. The summed E-state index contributed by atoms with van der Waals surface area (Å²) in [7, 11) is 1.91. The summed E-state index contributed by atoms with van der Waals surface area (Å²) in [6.07, 6.45) is 8.36. The van der Waals surface area contributed by atoms with Crippen LogP contribution in [-0.2, 0) is 0 Å². The van der Waals surface area contributed by atoms with E-state index in [4.69, 9.17) is 0 Å². The van der Waals surface area contributed by atoms with E-state index in [1.165, 1.54) is 5.57 Å². The molecule has 0 aliphatic heterocycles. The fourth-order valence-electron chi connectivity index (χ4n) is 0.817. The molecule has 0 rings (SSSR count). The van der Waals surface area contributed by atoms with E-state index in [1.807, 2.05) is 20.0 Å². The molecule has 0 saturated carbocycles. The van der Waals surface area contributed by atoms with Crippen LogP contribution in [0.25, 0.3) is 0 Å². The van der Waals surface area contributed by atoms with E-state index >= 15 is 0 Å². The van der Waals surface area contributed by atoms with Crippen LogP contribution in [0.3, 0.4) is 0 Å².